The zero-order valence-corrected chi connectivity index (χ0v) is 11.6. The van der Waals surface area contributed by atoms with Gasteiger partial charge in [-0.3, -0.25) is 4.98 Å². The molecule has 0 saturated carbocycles. The summed E-state index contributed by atoms with van der Waals surface area (Å²) in [7, 11) is 0. The van der Waals surface area contributed by atoms with Crippen LogP contribution in [0, 0.1) is 0 Å². The quantitative estimate of drug-likeness (QED) is 0.927. The van der Waals surface area contributed by atoms with Crippen LogP contribution in [0.25, 0.3) is 11.1 Å². The first-order valence-electron chi connectivity index (χ1n) is 6.91. The molecule has 0 radical (unpaired) electrons. The van der Waals surface area contributed by atoms with Gasteiger partial charge in [0.2, 0.25) is 0 Å². The number of rotatable bonds is 4. The molecular formula is C16H18N2O2. The number of hydrogen-bond acceptors (Lipinski definition) is 4. The molecule has 1 aliphatic heterocycles. The molecule has 104 valence electrons. The largest absolute Gasteiger partial charge is 0.486 e. The fourth-order valence-electron chi connectivity index (χ4n) is 2.23. The van der Waals surface area contributed by atoms with E-state index in [0.29, 0.717) is 13.2 Å². The summed E-state index contributed by atoms with van der Waals surface area (Å²) in [6.07, 6.45) is 3.77. The molecule has 3 rings (SSSR count). The Hall–Kier alpha value is -2.07. The minimum absolute atomic E-state index is 0.606. The molecule has 0 unspecified atom stereocenters. The highest BCUT2D eigenvalue weighted by Gasteiger charge is 2.12. The lowest BCUT2D eigenvalue weighted by molar-refractivity contribution is 0.171. The smallest absolute Gasteiger partial charge is 0.161 e. The predicted molar refractivity (Wildman–Crippen MR) is 78.0 cm³/mol. The number of pyridine rings is 1. The maximum atomic E-state index is 5.62. The molecular weight excluding hydrogens is 252 g/mol. The van der Waals surface area contributed by atoms with E-state index in [1.54, 1.807) is 0 Å². The van der Waals surface area contributed by atoms with E-state index >= 15 is 0 Å². The van der Waals surface area contributed by atoms with Crippen molar-refractivity contribution in [2.45, 2.75) is 13.5 Å². The first kappa shape index (κ1) is 12.9. The molecule has 0 saturated heterocycles. The van der Waals surface area contributed by atoms with E-state index in [9.17, 15) is 0 Å². The van der Waals surface area contributed by atoms with E-state index in [1.807, 2.05) is 30.6 Å². The normalized spacial score (nSPS) is 13.2. The summed E-state index contributed by atoms with van der Waals surface area (Å²) in [5, 5.41) is 3.31. The lowest BCUT2D eigenvalue weighted by Crippen LogP contribution is -2.15. The highest BCUT2D eigenvalue weighted by molar-refractivity contribution is 5.67. The van der Waals surface area contributed by atoms with Gasteiger partial charge in [-0.2, -0.15) is 0 Å². The highest BCUT2D eigenvalue weighted by atomic mass is 16.6. The monoisotopic (exact) mass is 270 g/mol. The van der Waals surface area contributed by atoms with Crippen molar-refractivity contribution >= 4 is 0 Å². The third-order valence-corrected chi connectivity index (χ3v) is 3.25. The average molecular weight is 270 g/mol. The second-order valence-corrected chi connectivity index (χ2v) is 4.72. The Morgan fingerprint density at radius 2 is 1.90 bits per heavy atom. The van der Waals surface area contributed by atoms with Gasteiger partial charge in [-0.1, -0.05) is 13.0 Å². The number of ether oxygens (including phenoxy) is 2. The second kappa shape index (κ2) is 5.92. The fraction of sp³-hybridized carbons (Fsp3) is 0.312. The van der Waals surface area contributed by atoms with E-state index in [0.717, 1.165) is 35.7 Å². The molecule has 20 heavy (non-hydrogen) atoms. The van der Waals surface area contributed by atoms with Gasteiger partial charge in [-0.25, -0.2) is 0 Å². The van der Waals surface area contributed by atoms with E-state index < -0.39 is 0 Å². The SMILES string of the molecule is CCNCc1cncc(-c2ccc3c(c2)OCCO3)c1. The predicted octanol–water partition coefficient (Wildman–Crippen LogP) is 2.63. The second-order valence-electron chi connectivity index (χ2n) is 4.72. The summed E-state index contributed by atoms with van der Waals surface area (Å²) in [4.78, 5) is 4.31. The van der Waals surface area contributed by atoms with Crippen LogP contribution in [0.3, 0.4) is 0 Å². The average Bonchev–Trinajstić information content (AvgIpc) is 2.53. The van der Waals surface area contributed by atoms with Gasteiger partial charge >= 0.3 is 0 Å². The van der Waals surface area contributed by atoms with E-state index in [4.69, 9.17) is 9.47 Å². The van der Waals surface area contributed by atoms with Crippen LogP contribution in [0.2, 0.25) is 0 Å². The van der Waals surface area contributed by atoms with Gasteiger partial charge in [0.05, 0.1) is 0 Å². The molecule has 0 aliphatic carbocycles. The Morgan fingerprint density at radius 1 is 1.05 bits per heavy atom. The molecule has 1 N–H and O–H groups in total. The topological polar surface area (TPSA) is 43.4 Å². The number of hydrogen-bond donors (Lipinski definition) is 1. The Bertz CT molecular complexity index is 599. The van der Waals surface area contributed by atoms with Gasteiger partial charge in [0.25, 0.3) is 0 Å². The maximum absolute atomic E-state index is 5.62. The molecule has 0 atom stereocenters. The van der Waals surface area contributed by atoms with Crippen LogP contribution in [0.1, 0.15) is 12.5 Å². The van der Waals surface area contributed by atoms with Gasteiger partial charge in [0.1, 0.15) is 13.2 Å². The van der Waals surface area contributed by atoms with Crippen LogP contribution < -0.4 is 14.8 Å². The van der Waals surface area contributed by atoms with Crippen molar-refractivity contribution in [1.82, 2.24) is 10.3 Å². The van der Waals surface area contributed by atoms with Gasteiger partial charge in [0.15, 0.2) is 11.5 Å². The molecule has 2 heterocycles. The van der Waals surface area contributed by atoms with Crippen LogP contribution in [0.15, 0.2) is 36.7 Å². The van der Waals surface area contributed by atoms with Crippen LogP contribution in [0.4, 0.5) is 0 Å². The highest BCUT2D eigenvalue weighted by Crippen LogP contribution is 2.34. The van der Waals surface area contributed by atoms with E-state index in [1.165, 1.54) is 5.56 Å². The number of nitrogens with one attached hydrogen (secondary N) is 1. The number of aromatic nitrogens is 1. The number of fused-ring (bicyclic) bond motifs is 1. The minimum atomic E-state index is 0.606. The van der Waals surface area contributed by atoms with Crippen molar-refractivity contribution in [2.75, 3.05) is 19.8 Å². The first-order chi connectivity index (χ1) is 9.86. The Kier molecular flexibility index (Phi) is 3.83. The van der Waals surface area contributed by atoms with Gasteiger partial charge in [0, 0.05) is 24.5 Å². The van der Waals surface area contributed by atoms with Crippen LogP contribution in [-0.2, 0) is 6.54 Å². The number of benzene rings is 1. The van der Waals surface area contributed by atoms with E-state index in [-0.39, 0.29) is 0 Å². The fourth-order valence-corrected chi connectivity index (χ4v) is 2.23. The summed E-state index contributed by atoms with van der Waals surface area (Å²) < 4.78 is 11.2. The molecule has 0 bridgehead atoms. The molecule has 2 aromatic rings. The summed E-state index contributed by atoms with van der Waals surface area (Å²) in [6.45, 7) is 5.11. The lowest BCUT2D eigenvalue weighted by Gasteiger charge is -2.19. The Morgan fingerprint density at radius 3 is 2.75 bits per heavy atom. The van der Waals surface area contributed by atoms with Crippen LogP contribution >= 0.6 is 0 Å². The molecule has 1 aliphatic rings. The zero-order valence-electron chi connectivity index (χ0n) is 11.6. The molecule has 0 fully saturated rings. The number of nitrogens with zero attached hydrogens (tertiary/aromatic N) is 1. The van der Waals surface area contributed by atoms with Crippen molar-refractivity contribution in [3.05, 3.63) is 42.2 Å². The maximum Gasteiger partial charge on any atom is 0.161 e. The molecule has 0 spiro atoms. The van der Waals surface area contributed by atoms with Crippen molar-refractivity contribution in [1.29, 1.82) is 0 Å². The molecule has 1 aromatic heterocycles. The summed E-state index contributed by atoms with van der Waals surface area (Å²) in [5.41, 5.74) is 3.37. The van der Waals surface area contributed by atoms with Crippen molar-refractivity contribution < 1.29 is 9.47 Å². The van der Waals surface area contributed by atoms with Gasteiger partial charge in [-0.15, -0.1) is 0 Å². The zero-order chi connectivity index (χ0) is 13.8. The third-order valence-electron chi connectivity index (χ3n) is 3.25. The summed E-state index contributed by atoms with van der Waals surface area (Å²) in [5.74, 6) is 1.63. The lowest BCUT2D eigenvalue weighted by atomic mass is 10.1. The molecule has 1 aromatic carbocycles. The minimum Gasteiger partial charge on any atom is -0.486 e. The van der Waals surface area contributed by atoms with Gasteiger partial charge in [-0.05, 0) is 35.9 Å². The summed E-state index contributed by atoms with van der Waals surface area (Å²) >= 11 is 0. The van der Waals surface area contributed by atoms with Crippen LogP contribution in [0.5, 0.6) is 11.5 Å². The summed E-state index contributed by atoms with van der Waals surface area (Å²) in [6, 6.07) is 8.17. The third kappa shape index (κ3) is 2.75. The molecule has 0 amide bonds. The van der Waals surface area contributed by atoms with Crippen LogP contribution in [-0.4, -0.2) is 24.7 Å². The first-order valence-corrected chi connectivity index (χ1v) is 6.91. The standard InChI is InChI=1S/C16H18N2O2/c1-2-17-9-12-7-14(11-18-10-12)13-3-4-15-16(8-13)20-6-5-19-15/h3-4,7-8,10-11,17H,2,5-6,9H2,1H3. The molecule has 4 heteroatoms. The molecule has 4 nitrogen and oxygen atoms in total. The Labute approximate surface area is 118 Å². The Balaban J connectivity index is 1.88. The van der Waals surface area contributed by atoms with Crippen molar-refractivity contribution in [2.24, 2.45) is 0 Å². The van der Waals surface area contributed by atoms with Crippen molar-refractivity contribution in [3.63, 3.8) is 0 Å². The van der Waals surface area contributed by atoms with Crippen molar-refractivity contribution in [3.8, 4) is 22.6 Å². The van der Waals surface area contributed by atoms with E-state index in [2.05, 4.69) is 23.3 Å². The van der Waals surface area contributed by atoms with Gasteiger partial charge < -0.3 is 14.8 Å².